The standard InChI is InChI=1S/C11H13Cl2N5/c1-2-18-11(8(12)6-16-18)10(17-14)7-3-4-15-9(13)5-7/h3-6,10,17H,2,14H2,1H3. The maximum atomic E-state index is 6.16. The number of nitrogens with two attached hydrogens (primary N) is 1. The van der Waals surface area contributed by atoms with Crippen LogP contribution in [0.15, 0.2) is 24.5 Å². The average Bonchev–Trinajstić information content (AvgIpc) is 2.72. The van der Waals surface area contributed by atoms with Crippen molar-refractivity contribution in [3.8, 4) is 0 Å². The molecule has 96 valence electrons. The molecule has 0 bridgehead atoms. The van der Waals surface area contributed by atoms with Gasteiger partial charge in [0.15, 0.2) is 0 Å². The first-order valence-electron chi connectivity index (χ1n) is 5.46. The van der Waals surface area contributed by atoms with Crippen LogP contribution >= 0.6 is 23.2 Å². The molecule has 2 aromatic heterocycles. The predicted molar refractivity (Wildman–Crippen MR) is 71.3 cm³/mol. The molecule has 18 heavy (non-hydrogen) atoms. The lowest BCUT2D eigenvalue weighted by molar-refractivity contribution is 0.543. The molecule has 2 heterocycles. The minimum atomic E-state index is -0.277. The number of hydrogen-bond donors (Lipinski definition) is 2. The first-order chi connectivity index (χ1) is 8.67. The van der Waals surface area contributed by atoms with Gasteiger partial charge in [0.1, 0.15) is 5.15 Å². The van der Waals surface area contributed by atoms with Crippen LogP contribution in [-0.4, -0.2) is 14.8 Å². The summed E-state index contributed by atoms with van der Waals surface area (Å²) in [5.74, 6) is 5.63. The fourth-order valence-corrected chi connectivity index (χ4v) is 2.27. The Labute approximate surface area is 115 Å². The molecule has 0 radical (unpaired) electrons. The van der Waals surface area contributed by atoms with Crippen LogP contribution in [-0.2, 0) is 6.54 Å². The molecule has 0 fully saturated rings. The molecule has 0 amide bonds. The molecular formula is C11H13Cl2N5. The largest absolute Gasteiger partial charge is 0.271 e. The normalized spacial score (nSPS) is 12.7. The third-order valence-electron chi connectivity index (χ3n) is 2.66. The van der Waals surface area contributed by atoms with E-state index in [1.54, 1.807) is 23.1 Å². The maximum absolute atomic E-state index is 6.16. The van der Waals surface area contributed by atoms with E-state index >= 15 is 0 Å². The van der Waals surface area contributed by atoms with Crippen molar-refractivity contribution >= 4 is 23.2 Å². The third kappa shape index (κ3) is 2.49. The summed E-state index contributed by atoms with van der Waals surface area (Å²) in [7, 11) is 0. The van der Waals surface area contributed by atoms with Crippen LogP contribution in [0, 0.1) is 0 Å². The molecule has 1 atom stereocenters. The number of halogens is 2. The van der Waals surface area contributed by atoms with Crippen molar-refractivity contribution in [2.45, 2.75) is 19.5 Å². The minimum Gasteiger partial charge on any atom is -0.271 e. The Bertz CT molecular complexity index is 540. The summed E-state index contributed by atoms with van der Waals surface area (Å²) in [6.45, 7) is 2.69. The van der Waals surface area contributed by atoms with Crippen LogP contribution in [0.2, 0.25) is 10.2 Å². The van der Waals surface area contributed by atoms with Gasteiger partial charge in [-0.15, -0.1) is 0 Å². The van der Waals surface area contributed by atoms with Gasteiger partial charge in [-0.2, -0.15) is 5.10 Å². The van der Waals surface area contributed by atoms with E-state index in [9.17, 15) is 0 Å². The molecule has 0 aliphatic heterocycles. The highest BCUT2D eigenvalue weighted by atomic mass is 35.5. The Balaban J connectivity index is 2.48. The molecule has 0 saturated heterocycles. The molecule has 1 unspecified atom stereocenters. The molecule has 5 nitrogen and oxygen atoms in total. The quantitative estimate of drug-likeness (QED) is 0.513. The van der Waals surface area contributed by atoms with Crippen molar-refractivity contribution in [1.29, 1.82) is 0 Å². The number of pyridine rings is 1. The molecule has 0 aliphatic rings. The van der Waals surface area contributed by atoms with Crippen molar-refractivity contribution in [2.24, 2.45) is 5.84 Å². The Kier molecular flexibility index (Phi) is 4.19. The van der Waals surface area contributed by atoms with Gasteiger partial charge in [-0.3, -0.25) is 10.5 Å². The van der Waals surface area contributed by atoms with Crippen LogP contribution in [0.1, 0.15) is 24.2 Å². The van der Waals surface area contributed by atoms with Crippen molar-refractivity contribution in [3.63, 3.8) is 0 Å². The highest BCUT2D eigenvalue weighted by Crippen LogP contribution is 2.28. The van der Waals surface area contributed by atoms with E-state index in [1.165, 1.54) is 0 Å². The van der Waals surface area contributed by atoms with Gasteiger partial charge in [0.25, 0.3) is 0 Å². The molecule has 3 N–H and O–H groups in total. The maximum Gasteiger partial charge on any atom is 0.129 e. The van der Waals surface area contributed by atoms with Gasteiger partial charge < -0.3 is 0 Å². The number of rotatable bonds is 4. The summed E-state index contributed by atoms with van der Waals surface area (Å²) in [6.07, 6.45) is 3.23. The van der Waals surface area contributed by atoms with Crippen LogP contribution in [0.4, 0.5) is 0 Å². The summed E-state index contributed by atoms with van der Waals surface area (Å²) in [5, 5.41) is 5.16. The molecule has 7 heteroatoms. The van der Waals surface area contributed by atoms with Crippen LogP contribution in [0.5, 0.6) is 0 Å². The van der Waals surface area contributed by atoms with Crippen molar-refractivity contribution in [1.82, 2.24) is 20.2 Å². The van der Waals surface area contributed by atoms with E-state index < -0.39 is 0 Å². The summed E-state index contributed by atoms with van der Waals surface area (Å²) >= 11 is 12.0. The first kappa shape index (κ1) is 13.3. The second-order valence-electron chi connectivity index (χ2n) is 3.71. The van der Waals surface area contributed by atoms with Gasteiger partial charge in [-0.05, 0) is 24.6 Å². The lowest BCUT2D eigenvalue weighted by Crippen LogP contribution is -2.31. The Morgan fingerprint density at radius 1 is 1.50 bits per heavy atom. The Morgan fingerprint density at radius 3 is 2.89 bits per heavy atom. The van der Waals surface area contributed by atoms with Gasteiger partial charge in [-0.25, -0.2) is 10.4 Å². The number of nitrogens with one attached hydrogen (secondary N) is 1. The topological polar surface area (TPSA) is 68.8 Å². The van der Waals surface area contributed by atoms with Gasteiger partial charge in [0.2, 0.25) is 0 Å². The fraction of sp³-hybridized carbons (Fsp3) is 0.273. The number of aryl methyl sites for hydroxylation is 1. The molecule has 0 aromatic carbocycles. The van der Waals surface area contributed by atoms with Crippen molar-refractivity contribution < 1.29 is 0 Å². The Morgan fingerprint density at radius 2 is 2.28 bits per heavy atom. The fourth-order valence-electron chi connectivity index (χ4n) is 1.84. The van der Waals surface area contributed by atoms with E-state index in [0.717, 1.165) is 11.3 Å². The Hall–Kier alpha value is -1.14. The van der Waals surface area contributed by atoms with E-state index in [2.05, 4.69) is 15.5 Å². The van der Waals surface area contributed by atoms with Gasteiger partial charge in [-0.1, -0.05) is 23.2 Å². The van der Waals surface area contributed by atoms with Crippen LogP contribution in [0.25, 0.3) is 0 Å². The van der Waals surface area contributed by atoms with Gasteiger partial charge >= 0.3 is 0 Å². The lowest BCUT2D eigenvalue weighted by Gasteiger charge is -2.18. The van der Waals surface area contributed by atoms with Gasteiger partial charge in [0, 0.05) is 12.7 Å². The summed E-state index contributed by atoms with van der Waals surface area (Å²) in [5.41, 5.74) is 4.42. The predicted octanol–water partition coefficient (Wildman–Crippen LogP) is 2.16. The molecule has 0 spiro atoms. The number of aromatic nitrogens is 3. The zero-order valence-electron chi connectivity index (χ0n) is 9.77. The minimum absolute atomic E-state index is 0.277. The van der Waals surface area contributed by atoms with Gasteiger partial charge in [0.05, 0.1) is 23.0 Å². The smallest absolute Gasteiger partial charge is 0.129 e. The molecule has 0 aliphatic carbocycles. The van der Waals surface area contributed by atoms with E-state index in [-0.39, 0.29) is 6.04 Å². The number of hydrogen-bond acceptors (Lipinski definition) is 4. The van der Waals surface area contributed by atoms with Crippen molar-refractivity contribution in [2.75, 3.05) is 0 Å². The van der Waals surface area contributed by atoms with E-state index in [0.29, 0.717) is 16.7 Å². The second kappa shape index (κ2) is 5.67. The SMILES string of the molecule is CCn1ncc(Cl)c1C(NN)c1ccnc(Cl)c1. The highest BCUT2D eigenvalue weighted by molar-refractivity contribution is 6.31. The monoisotopic (exact) mass is 285 g/mol. The summed E-state index contributed by atoms with van der Waals surface area (Å²) < 4.78 is 1.79. The van der Waals surface area contributed by atoms with Crippen LogP contribution < -0.4 is 11.3 Å². The first-order valence-corrected chi connectivity index (χ1v) is 6.21. The molecular weight excluding hydrogens is 273 g/mol. The van der Waals surface area contributed by atoms with Crippen LogP contribution in [0.3, 0.4) is 0 Å². The molecule has 2 rings (SSSR count). The van der Waals surface area contributed by atoms with E-state index in [4.69, 9.17) is 29.0 Å². The molecule has 2 aromatic rings. The van der Waals surface area contributed by atoms with Crippen molar-refractivity contribution in [3.05, 3.63) is 46.0 Å². The zero-order valence-corrected chi connectivity index (χ0v) is 11.3. The summed E-state index contributed by atoms with van der Waals surface area (Å²) in [6, 6.07) is 3.30. The number of nitrogens with zero attached hydrogens (tertiary/aromatic N) is 3. The lowest BCUT2D eigenvalue weighted by atomic mass is 10.1. The molecule has 0 saturated carbocycles. The average molecular weight is 286 g/mol. The second-order valence-corrected chi connectivity index (χ2v) is 4.50. The number of hydrazine groups is 1. The summed E-state index contributed by atoms with van der Waals surface area (Å²) in [4.78, 5) is 3.94. The highest BCUT2D eigenvalue weighted by Gasteiger charge is 2.20. The zero-order chi connectivity index (χ0) is 13.1. The van der Waals surface area contributed by atoms with E-state index in [1.807, 2.05) is 13.0 Å². The third-order valence-corrected chi connectivity index (χ3v) is 3.15.